The average Bonchev–Trinajstić information content (AvgIpc) is 2.98. The van der Waals surface area contributed by atoms with Gasteiger partial charge in [-0.2, -0.15) is 0 Å². The lowest BCUT2D eigenvalue weighted by Crippen LogP contribution is -2.35. The summed E-state index contributed by atoms with van der Waals surface area (Å²) in [5.41, 5.74) is 2.56. The molecule has 0 saturated heterocycles. The maximum Gasteiger partial charge on any atom is 0.0313 e. The number of fused-ring (bicyclic) bond motifs is 2. The standard InChI is InChI=1S/C16H24N2/c1-11-5-14(9-17-8-11)10-18-12(2)16-7-13-3-4-15(16)6-13/h5,8-9,12-13,15-16,18H,3-4,6-7,10H2,1-2H3. The molecule has 2 bridgehead atoms. The number of aromatic nitrogens is 1. The fraction of sp³-hybridized carbons (Fsp3) is 0.688. The number of aryl methyl sites for hydroxylation is 1. The summed E-state index contributed by atoms with van der Waals surface area (Å²) in [6.45, 7) is 5.44. The number of nitrogens with zero attached hydrogens (tertiary/aromatic N) is 1. The minimum atomic E-state index is 0.654. The zero-order chi connectivity index (χ0) is 12.5. The van der Waals surface area contributed by atoms with Crippen LogP contribution in [0.5, 0.6) is 0 Å². The summed E-state index contributed by atoms with van der Waals surface area (Å²) in [7, 11) is 0. The van der Waals surface area contributed by atoms with Crippen molar-refractivity contribution in [1.82, 2.24) is 10.3 Å². The predicted molar refractivity (Wildman–Crippen MR) is 74.2 cm³/mol. The topological polar surface area (TPSA) is 24.9 Å². The fourth-order valence-corrected chi connectivity index (χ4v) is 4.05. The molecule has 1 aromatic rings. The Labute approximate surface area is 110 Å². The third kappa shape index (κ3) is 2.44. The lowest BCUT2D eigenvalue weighted by molar-refractivity contribution is 0.259. The van der Waals surface area contributed by atoms with Gasteiger partial charge in [0, 0.05) is 25.0 Å². The maximum atomic E-state index is 4.26. The first-order valence-corrected chi connectivity index (χ1v) is 7.36. The lowest BCUT2D eigenvalue weighted by atomic mass is 9.84. The summed E-state index contributed by atoms with van der Waals surface area (Å²) in [4.78, 5) is 4.26. The van der Waals surface area contributed by atoms with Crippen molar-refractivity contribution in [3.05, 3.63) is 29.6 Å². The second-order valence-electron chi connectivity index (χ2n) is 6.38. The maximum absolute atomic E-state index is 4.26. The molecule has 0 aliphatic heterocycles. The monoisotopic (exact) mass is 244 g/mol. The number of hydrogen-bond donors (Lipinski definition) is 1. The van der Waals surface area contributed by atoms with Gasteiger partial charge in [0.25, 0.3) is 0 Å². The fourth-order valence-electron chi connectivity index (χ4n) is 4.05. The quantitative estimate of drug-likeness (QED) is 0.879. The van der Waals surface area contributed by atoms with E-state index in [0.717, 1.165) is 24.3 Å². The molecule has 2 saturated carbocycles. The first kappa shape index (κ1) is 12.2. The molecule has 0 radical (unpaired) electrons. The van der Waals surface area contributed by atoms with Gasteiger partial charge >= 0.3 is 0 Å². The van der Waals surface area contributed by atoms with E-state index in [0.29, 0.717) is 6.04 Å². The molecule has 2 heteroatoms. The summed E-state index contributed by atoms with van der Waals surface area (Å²) >= 11 is 0. The van der Waals surface area contributed by atoms with Gasteiger partial charge in [-0.25, -0.2) is 0 Å². The summed E-state index contributed by atoms with van der Waals surface area (Å²) in [6.07, 6.45) is 9.84. The smallest absolute Gasteiger partial charge is 0.0313 e. The van der Waals surface area contributed by atoms with Crippen LogP contribution in [0.3, 0.4) is 0 Å². The number of rotatable bonds is 4. The largest absolute Gasteiger partial charge is 0.310 e. The van der Waals surface area contributed by atoms with E-state index in [2.05, 4.69) is 30.2 Å². The van der Waals surface area contributed by atoms with E-state index in [1.54, 1.807) is 0 Å². The van der Waals surface area contributed by atoms with Gasteiger partial charge in [0.05, 0.1) is 0 Å². The van der Waals surface area contributed by atoms with Crippen molar-refractivity contribution in [3.63, 3.8) is 0 Å². The highest BCUT2D eigenvalue weighted by atomic mass is 14.9. The molecular formula is C16H24N2. The van der Waals surface area contributed by atoms with Gasteiger partial charge in [0.2, 0.25) is 0 Å². The van der Waals surface area contributed by atoms with Crippen LogP contribution in [0.2, 0.25) is 0 Å². The molecule has 98 valence electrons. The van der Waals surface area contributed by atoms with E-state index in [4.69, 9.17) is 0 Å². The summed E-state index contributed by atoms with van der Waals surface area (Å²) in [5, 5.41) is 3.71. The summed E-state index contributed by atoms with van der Waals surface area (Å²) < 4.78 is 0. The number of nitrogens with one attached hydrogen (secondary N) is 1. The molecule has 2 fully saturated rings. The van der Waals surface area contributed by atoms with Gasteiger partial charge in [-0.3, -0.25) is 4.98 Å². The Morgan fingerprint density at radius 1 is 1.33 bits per heavy atom. The van der Waals surface area contributed by atoms with Crippen molar-refractivity contribution in [2.45, 2.75) is 52.1 Å². The lowest BCUT2D eigenvalue weighted by Gasteiger charge is -2.28. The molecule has 1 aromatic heterocycles. The molecule has 4 atom stereocenters. The second-order valence-corrected chi connectivity index (χ2v) is 6.38. The molecule has 0 amide bonds. The van der Waals surface area contributed by atoms with Crippen LogP contribution < -0.4 is 5.32 Å². The number of hydrogen-bond acceptors (Lipinski definition) is 2. The first-order chi connectivity index (χ1) is 8.72. The van der Waals surface area contributed by atoms with Crippen LogP contribution in [-0.4, -0.2) is 11.0 Å². The second kappa shape index (κ2) is 5.00. The van der Waals surface area contributed by atoms with Gasteiger partial charge in [0.15, 0.2) is 0 Å². The molecular weight excluding hydrogens is 220 g/mol. The van der Waals surface area contributed by atoms with Crippen molar-refractivity contribution < 1.29 is 0 Å². The Bertz CT molecular complexity index is 415. The van der Waals surface area contributed by atoms with E-state index < -0.39 is 0 Å². The van der Waals surface area contributed by atoms with E-state index in [1.165, 1.54) is 36.8 Å². The normalized spacial score (nSPS) is 31.8. The summed E-state index contributed by atoms with van der Waals surface area (Å²) in [6, 6.07) is 2.88. The van der Waals surface area contributed by atoms with Crippen LogP contribution in [-0.2, 0) is 6.54 Å². The molecule has 2 aliphatic rings. The van der Waals surface area contributed by atoms with Crippen molar-refractivity contribution in [2.75, 3.05) is 0 Å². The third-order valence-electron chi connectivity index (χ3n) is 4.99. The van der Waals surface area contributed by atoms with Crippen molar-refractivity contribution >= 4 is 0 Å². The minimum absolute atomic E-state index is 0.654. The van der Waals surface area contributed by atoms with Gasteiger partial charge in [-0.1, -0.05) is 12.5 Å². The van der Waals surface area contributed by atoms with Gasteiger partial charge < -0.3 is 5.32 Å². The van der Waals surface area contributed by atoms with Gasteiger partial charge in [-0.15, -0.1) is 0 Å². The molecule has 18 heavy (non-hydrogen) atoms. The molecule has 4 unspecified atom stereocenters. The van der Waals surface area contributed by atoms with E-state index >= 15 is 0 Å². The molecule has 1 N–H and O–H groups in total. The molecule has 1 heterocycles. The van der Waals surface area contributed by atoms with Crippen LogP contribution in [0, 0.1) is 24.7 Å². The van der Waals surface area contributed by atoms with Crippen LogP contribution in [0.15, 0.2) is 18.5 Å². The van der Waals surface area contributed by atoms with Crippen LogP contribution in [0.4, 0.5) is 0 Å². The van der Waals surface area contributed by atoms with Crippen LogP contribution in [0.1, 0.15) is 43.7 Å². The molecule has 0 spiro atoms. The third-order valence-corrected chi connectivity index (χ3v) is 4.99. The van der Waals surface area contributed by atoms with Crippen molar-refractivity contribution in [2.24, 2.45) is 17.8 Å². The first-order valence-electron chi connectivity index (χ1n) is 7.36. The molecule has 2 nitrogen and oxygen atoms in total. The highest BCUT2D eigenvalue weighted by molar-refractivity contribution is 5.16. The van der Waals surface area contributed by atoms with Crippen molar-refractivity contribution in [1.29, 1.82) is 0 Å². The predicted octanol–water partition coefficient (Wildman–Crippen LogP) is 3.30. The Balaban J connectivity index is 1.54. The number of pyridine rings is 1. The van der Waals surface area contributed by atoms with Crippen LogP contribution >= 0.6 is 0 Å². The Morgan fingerprint density at radius 3 is 2.89 bits per heavy atom. The van der Waals surface area contributed by atoms with Gasteiger partial charge in [0.1, 0.15) is 0 Å². The van der Waals surface area contributed by atoms with Crippen LogP contribution in [0.25, 0.3) is 0 Å². The highest BCUT2D eigenvalue weighted by Gasteiger charge is 2.41. The van der Waals surface area contributed by atoms with E-state index in [-0.39, 0.29) is 0 Å². The van der Waals surface area contributed by atoms with E-state index in [9.17, 15) is 0 Å². The Kier molecular flexibility index (Phi) is 3.38. The minimum Gasteiger partial charge on any atom is -0.310 e. The van der Waals surface area contributed by atoms with Gasteiger partial charge in [-0.05, 0) is 62.0 Å². The molecule has 3 rings (SSSR count). The Hall–Kier alpha value is -0.890. The summed E-state index contributed by atoms with van der Waals surface area (Å²) in [5.74, 6) is 2.97. The van der Waals surface area contributed by atoms with E-state index in [1.807, 2.05) is 12.4 Å². The zero-order valence-corrected chi connectivity index (χ0v) is 11.5. The highest BCUT2D eigenvalue weighted by Crippen LogP contribution is 2.49. The van der Waals surface area contributed by atoms with Crippen molar-refractivity contribution in [3.8, 4) is 0 Å². The SMILES string of the molecule is Cc1cncc(CNC(C)C2CC3CCC2C3)c1. The molecule has 2 aliphatic carbocycles. The zero-order valence-electron chi connectivity index (χ0n) is 11.5. The Morgan fingerprint density at radius 2 is 2.22 bits per heavy atom. The molecule has 0 aromatic carbocycles. The average molecular weight is 244 g/mol.